The molecule has 2 aromatic rings. The maximum Gasteiger partial charge on any atom is 0.245 e. The van der Waals surface area contributed by atoms with Crippen LogP contribution in [-0.2, 0) is 17.9 Å². The number of nitrogens with one attached hydrogen (secondary N) is 1. The van der Waals surface area contributed by atoms with Crippen molar-refractivity contribution in [3.05, 3.63) is 35.6 Å². The lowest BCUT2D eigenvalue weighted by molar-refractivity contribution is -0.130. The number of anilines is 1. The third-order valence-electron chi connectivity index (χ3n) is 3.66. The number of carbonyl (C=O) groups excluding carboxylic acids is 1. The van der Waals surface area contributed by atoms with Gasteiger partial charge in [0.25, 0.3) is 0 Å². The number of rotatable bonds is 7. The molecule has 0 radical (unpaired) electrons. The van der Waals surface area contributed by atoms with E-state index < -0.39 is 5.41 Å². The van der Waals surface area contributed by atoms with Crippen molar-refractivity contribution in [1.29, 1.82) is 0 Å². The normalized spacial score (nSPS) is 11.4. The quantitative estimate of drug-likeness (QED) is 0.832. The number of aromatic nitrogens is 4. The summed E-state index contributed by atoms with van der Waals surface area (Å²) in [6.45, 7) is 6.94. The minimum atomic E-state index is -0.653. The van der Waals surface area contributed by atoms with Gasteiger partial charge in [0.05, 0.1) is 12.0 Å². The van der Waals surface area contributed by atoms with Crippen LogP contribution in [0.2, 0.25) is 0 Å². The van der Waals surface area contributed by atoms with Crippen LogP contribution in [0.5, 0.6) is 0 Å². The van der Waals surface area contributed by atoms with Crippen molar-refractivity contribution in [3.8, 4) is 0 Å². The van der Waals surface area contributed by atoms with Crippen molar-refractivity contribution in [1.82, 2.24) is 25.5 Å². The lowest BCUT2D eigenvalue weighted by Crippen LogP contribution is -2.40. The van der Waals surface area contributed by atoms with E-state index in [0.29, 0.717) is 25.6 Å². The van der Waals surface area contributed by atoms with E-state index in [0.717, 1.165) is 5.56 Å². The summed E-state index contributed by atoms with van der Waals surface area (Å²) in [5.41, 5.74) is 0.162. The zero-order valence-electron chi connectivity index (χ0n) is 14.5. The fourth-order valence-corrected chi connectivity index (χ4v) is 2.40. The standard InChI is InChI=1S/C16H23FN6O/c1-5-18-14(24)16(2,3)11-23-15(19-20-21-23)22(4)10-12-7-6-8-13(17)9-12/h6-9H,5,10-11H2,1-4H3,(H,18,24). The highest BCUT2D eigenvalue weighted by atomic mass is 19.1. The van der Waals surface area contributed by atoms with E-state index in [2.05, 4.69) is 20.8 Å². The van der Waals surface area contributed by atoms with Gasteiger partial charge in [-0.05, 0) is 48.9 Å². The summed E-state index contributed by atoms with van der Waals surface area (Å²) >= 11 is 0. The van der Waals surface area contributed by atoms with Gasteiger partial charge in [0, 0.05) is 20.1 Å². The molecular formula is C16H23FN6O. The van der Waals surface area contributed by atoms with E-state index >= 15 is 0 Å². The molecule has 7 nitrogen and oxygen atoms in total. The van der Waals surface area contributed by atoms with Crippen LogP contribution in [0, 0.1) is 11.2 Å². The lowest BCUT2D eigenvalue weighted by Gasteiger charge is -2.25. The van der Waals surface area contributed by atoms with Crippen molar-refractivity contribution >= 4 is 11.9 Å². The number of amides is 1. The fourth-order valence-electron chi connectivity index (χ4n) is 2.40. The number of halogens is 1. The van der Waals surface area contributed by atoms with Crippen molar-refractivity contribution in [2.45, 2.75) is 33.9 Å². The Morgan fingerprint density at radius 3 is 2.83 bits per heavy atom. The van der Waals surface area contributed by atoms with Gasteiger partial charge < -0.3 is 10.2 Å². The van der Waals surface area contributed by atoms with Gasteiger partial charge in [-0.3, -0.25) is 4.79 Å². The molecule has 0 aliphatic rings. The maximum absolute atomic E-state index is 13.3. The van der Waals surface area contributed by atoms with E-state index in [1.165, 1.54) is 12.1 Å². The van der Waals surface area contributed by atoms with Crippen LogP contribution < -0.4 is 10.2 Å². The summed E-state index contributed by atoms with van der Waals surface area (Å²) in [5.74, 6) is 0.189. The van der Waals surface area contributed by atoms with Gasteiger partial charge in [0.2, 0.25) is 11.9 Å². The summed E-state index contributed by atoms with van der Waals surface area (Å²) in [6, 6.07) is 6.39. The predicted molar refractivity (Wildman–Crippen MR) is 88.8 cm³/mol. The Hall–Kier alpha value is -2.51. The monoisotopic (exact) mass is 334 g/mol. The molecule has 1 heterocycles. The van der Waals surface area contributed by atoms with Crippen LogP contribution in [0.3, 0.4) is 0 Å². The molecule has 0 aliphatic heterocycles. The minimum absolute atomic E-state index is 0.0563. The molecule has 0 saturated carbocycles. The van der Waals surface area contributed by atoms with E-state index in [-0.39, 0.29) is 11.7 Å². The first kappa shape index (κ1) is 17.8. The van der Waals surface area contributed by atoms with Crippen LogP contribution in [-0.4, -0.2) is 39.7 Å². The second-order valence-electron chi connectivity index (χ2n) is 6.37. The highest BCUT2D eigenvalue weighted by molar-refractivity contribution is 5.81. The van der Waals surface area contributed by atoms with E-state index in [4.69, 9.17) is 0 Å². The molecule has 1 aromatic carbocycles. The Balaban J connectivity index is 2.13. The van der Waals surface area contributed by atoms with Gasteiger partial charge in [0.15, 0.2) is 0 Å². The van der Waals surface area contributed by atoms with Crippen LogP contribution in [0.1, 0.15) is 26.3 Å². The van der Waals surface area contributed by atoms with Crippen molar-refractivity contribution in [2.24, 2.45) is 5.41 Å². The molecule has 1 amide bonds. The van der Waals surface area contributed by atoms with E-state index in [1.54, 1.807) is 10.7 Å². The number of carbonyl (C=O) groups is 1. The number of hydrogen-bond donors (Lipinski definition) is 1. The van der Waals surface area contributed by atoms with Gasteiger partial charge in [-0.25, -0.2) is 9.07 Å². The molecule has 0 spiro atoms. The Kier molecular flexibility index (Phi) is 5.48. The first-order valence-electron chi connectivity index (χ1n) is 7.83. The lowest BCUT2D eigenvalue weighted by atomic mass is 9.92. The Morgan fingerprint density at radius 1 is 1.42 bits per heavy atom. The second kappa shape index (κ2) is 7.37. The molecule has 1 aromatic heterocycles. The molecule has 0 unspecified atom stereocenters. The third-order valence-corrected chi connectivity index (χ3v) is 3.66. The second-order valence-corrected chi connectivity index (χ2v) is 6.37. The molecule has 2 rings (SSSR count). The highest BCUT2D eigenvalue weighted by Gasteiger charge is 2.30. The number of tetrazole rings is 1. The fraction of sp³-hybridized carbons (Fsp3) is 0.500. The minimum Gasteiger partial charge on any atom is -0.356 e. The summed E-state index contributed by atoms with van der Waals surface area (Å²) in [6.07, 6.45) is 0. The first-order valence-corrected chi connectivity index (χ1v) is 7.83. The number of nitrogens with zero attached hydrogens (tertiary/aromatic N) is 5. The molecule has 8 heteroatoms. The summed E-state index contributed by atoms with van der Waals surface area (Å²) in [4.78, 5) is 14.0. The smallest absolute Gasteiger partial charge is 0.245 e. The van der Waals surface area contributed by atoms with Gasteiger partial charge in [0.1, 0.15) is 5.82 Å². The Morgan fingerprint density at radius 2 is 2.17 bits per heavy atom. The predicted octanol–water partition coefficient (Wildman–Crippen LogP) is 1.61. The van der Waals surface area contributed by atoms with Crippen molar-refractivity contribution in [2.75, 3.05) is 18.5 Å². The molecule has 0 bridgehead atoms. The Labute approximate surface area is 140 Å². The average molecular weight is 334 g/mol. The summed E-state index contributed by atoms with van der Waals surface area (Å²) in [5, 5.41) is 14.5. The average Bonchev–Trinajstić information content (AvgIpc) is 2.95. The maximum atomic E-state index is 13.3. The first-order chi connectivity index (χ1) is 11.3. The largest absolute Gasteiger partial charge is 0.356 e. The zero-order chi connectivity index (χ0) is 17.7. The van der Waals surface area contributed by atoms with Crippen molar-refractivity contribution < 1.29 is 9.18 Å². The van der Waals surface area contributed by atoms with Crippen LogP contribution in [0.4, 0.5) is 10.3 Å². The number of benzene rings is 1. The third kappa shape index (κ3) is 4.27. The molecule has 0 fully saturated rings. The molecular weight excluding hydrogens is 311 g/mol. The SMILES string of the molecule is CCNC(=O)C(C)(C)Cn1nnnc1N(C)Cc1cccc(F)c1. The van der Waals surface area contributed by atoms with Gasteiger partial charge in [-0.15, -0.1) is 0 Å². The van der Waals surface area contributed by atoms with Crippen LogP contribution >= 0.6 is 0 Å². The zero-order valence-corrected chi connectivity index (χ0v) is 14.5. The van der Waals surface area contributed by atoms with Gasteiger partial charge >= 0.3 is 0 Å². The highest BCUT2D eigenvalue weighted by Crippen LogP contribution is 2.21. The summed E-state index contributed by atoms with van der Waals surface area (Å²) < 4.78 is 14.9. The van der Waals surface area contributed by atoms with Crippen molar-refractivity contribution in [3.63, 3.8) is 0 Å². The van der Waals surface area contributed by atoms with E-state index in [9.17, 15) is 9.18 Å². The molecule has 24 heavy (non-hydrogen) atoms. The van der Waals surface area contributed by atoms with Crippen LogP contribution in [0.25, 0.3) is 0 Å². The Bertz CT molecular complexity index is 699. The van der Waals surface area contributed by atoms with Crippen LogP contribution in [0.15, 0.2) is 24.3 Å². The molecule has 1 N–H and O–H groups in total. The number of hydrogen-bond acceptors (Lipinski definition) is 5. The molecule has 0 aliphatic carbocycles. The van der Waals surface area contributed by atoms with Gasteiger partial charge in [-0.1, -0.05) is 17.2 Å². The molecule has 130 valence electrons. The summed E-state index contributed by atoms with van der Waals surface area (Å²) in [7, 11) is 1.83. The van der Waals surface area contributed by atoms with Gasteiger partial charge in [-0.2, -0.15) is 0 Å². The topological polar surface area (TPSA) is 75.9 Å². The molecule has 0 atom stereocenters. The molecule has 0 saturated heterocycles. The van der Waals surface area contributed by atoms with E-state index in [1.807, 2.05) is 38.8 Å².